The second-order valence-electron chi connectivity index (χ2n) is 4.22. The molecule has 0 saturated carbocycles. The van der Waals surface area contributed by atoms with E-state index in [0.717, 1.165) is 11.3 Å². The summed E-state index contributed by atoms with van der Waals surface area (Å²) in [5.74, 6) is 1.56. The Bertz CT molecular complexity index is 542. The third-order valence-corrected chi connectivity index (χ3v) is 6.30. The van der Waals surface area contributed by atoms with E-state index in [1.54, 1.807) is 41.4 Å². The number of sulfonamides is 1. The number of ether oxygens (including phenoxy) is 1. The Kier molecular flexibility index (Phi) is 3.89. The van der Waals surface area contributed by atoms with E-state index in [1.807, 2.05) is 13.8 Å². The Morgan fingerprint density at radius 3 is 2.67 bits per heavy atom. The molecule has 0 unspecified atom stereocenters. The van der Waals surface area contributed by atoms with Crippen LogP contribution in [0, 0.1) is 6.92 Å². The molecule has 1 aromatic rings. The Morgan fingerprint density at radius 1 is 1.44 bits per heavy atom. The van der Waals surface area contributed by atoms with Crippen molar-refractivity contribution in [3.05, 3.63) is 23.8 Å². The summed E-state index contributed by atoms with van der Waals surface area (Å²) in [6.45, 7) is 4.35. The number of benzene rings is 1. The van der Waals surface area contributed by atoms with Crippen LogP contribution in [0.2, 0.25) is 0 Å². The highest BCUT2D eigenvalue weighted by Crippen LogP contribution is 2.31. The molecule has 0 spiro atoms. The number of methoxy groups -OCH3 is 1. The molecular weight excluding hydrogens is 270 g/mol. The monoisotopic (exact) mass is 287 g/mol. The van der Waals surface area contributed by atoms with Gasteiger partial charge in [0.15, 0.2) is 0 Å². The van der Waals surface area contributed by atoms with Crippen LogP contribution in [0.3, 0.4) is 0 Å². The Morgan fingerprint density at radius 2 is 2.17 bits per heavy atom. The first-order valence-corrected chi connectivity index (χ1v) is 8.24. The number of rotatable bonds is 3. The summed E-state index contributed by atoms with van der Waals surface area (Å²) in [7, 11) is -1.80. The number of hydrogen-bond acceptors (Lipinski definition) is 4. The summed E-state index contributed by atoms with van der Waals surface area (Å²) in [6.07, 6.45) is 0. The van der Waals surface area contributed by atoms with Crippen molar-refractivity contribution < 1.29 is 13.2 Å². The van der Waals surface area contributed by atoms with Gasteiger partial charge in [-0.3, -0.25) is 0 Å². The van der Waals surface area contributed by atoms with Gasteiger partial charge in [-0.05, 0) is 37.6 Å². The van der Waals surface area contributed by atoms with Crippen LogP contribution in [0.1, 0.15) is 12.5 Å². The smallest absolute Gasteiger partial charge is 0.244 e. The highest BCUT2D eigenvalue weighted by Gasteiger charge is 2.33. The molecule has 0 bridgehead atoms. The van der Waals surface area contributed by atoms with E-state index >= 15 is 0 Å². The second kappa shape index (κ2) is 5.11. The van der Waals surface area contributed by atoms with Gasteiger partial charge in [-0.25, -0.2) is 8.42 Å². The van der Waals surface area contributed by atoms with E-state index in [4.69, 9.17) is 4.74 Å². The van der Waals surface area contributed by atoms with Crippen molar-refractivity contribution in [2.24, 2.45) is 0 Å². The van der Waals surface area contributed by atoms with Gasteiger partial charge in [-0.15, -0.1) is 11.8 Å². The van der Waals surface area contributed by atoms with Gasteiger partial charge in [-0.2, -0.15) is 4.31 Å². The third kappa shape index (κ3) is 2.37. The average Bonchev–Trinajstić information content (AvgIpc) is 2.76. The van der Waals surface area contributed by atoms with Gasteiger partial charge < -0.3 is 4.74 Å². The highest BCUT2D eigenvalue weighted by atomic mass is 32.2. The van der Waals surface area contributed by atoms with E-state index in [-0.39, 0.29) is 5.37 Å². The number of nitrogens with zero attached hydrogens (tertiary/aromatic N) is 1. The average molecular weight is 287 g/mol. The lowest BCUT2D eigenvalue weighted by Crippen LogP contribution is -2.33. The fraction of sp³-hybridized carbons (Fsp3) is 0.500. The zero-order valence-electron chi connectivity index (χ0n) is 10.7. The van der Waals surface area contributed by atoms with E-state index in [1.165, 1.54) is 0 Å². The van der Waals surface area contributed by atoms with Crippen molar-refractivity contribution in [3.8, 4) is 5.75 Å². The van der Waals surface area contributed by atoms with Gasteiger partial charge in [0.1, 0.15) is 5.75 Å². The molecule has 1 heterocycles. The largest absolute Gasteiger partial charge is 0.496 e. The van der Waals surface area contributed by atoms with Gasteiger partial charge in [0.2, 0.25) is 10.0 Å². The molecule has 1 aromatic carbocycles. The van der Waals surface area contributed by atoms with Crippen molar-refractivity contribution in [2.45, 2.75) is 24.1 Å². The first kappa shape index (κ1) is 13.7. The van der Waals surface area contributed by atoms with E-state index in [0.29, 0.717) is 17.2 Å². The Hall–Kier alpha value is -0.720. The maximum Gasteiger partial charge on any atom is 0.244 e. The third-order valence-electron chi connectivity index (χ3n) is 3.05. The predicted octanol–water partition coefficient (Wildman–Crippen LogP) is 2.09. The lowest BCUT2D eigenvalue weighted by atomic mass is 10.2. The van der Waals surface area contributed by atoms with Crippen molar-refractivity contribution in [1.82, 2.24) is 4.31 Å². The summed E-state index contributed by atoms with van der Waals surface area (Å²) in [5.41, 5.74) is 0.832. The molecule has 1 saturated heterocycles. The Labute approximate surface area is 112 Å². The van der Waals surface area contributed by atoms with Crippen LogP contribution in [-0.4, -0.2) is 37.5 Å². The van der Waals surface area contributed by atoms with E-state index < -0.39 is 10.0 Å². The Balaban J connectivity index is 2.38. The van der Waals surface area contributed by atoms with Gasteiger partial charge in [0.05, 0.1) is 17.4 Å². The molecule has 1 atom stereocenters. The number of aryl methyl sites for hydroxylation is 1. The molecule has 0 amide bonds. The molecule has 4 nitrogen and oxygen atoms in total. The molecule has 1 aliphatic heterocycles. The molecule has 2 rings (SSSR count). The minimum atomic E-state index is -3.38. The van der Waals surface area contributed by atoms with Crippen LogP contribution in [0.15, 0.2) is 23.1 Å². The zero-order chi connectivity index (χ0) is 13.3. The minimum Gasteiger partial charge on any atom is -0.496 e. The summed E-state index contributed by atoms with van der Waals surface area (Å²) >= 11 is 1.66. The number of thioether (sulfide) groups is 1. The SMILES string of the molecule is COc1ccc(S(=O)(=O)N2CCS[C@H]2C)cc1C. The summed E-state index contributed by atoms with van der Waals surface area (Å²) in [5, 5.41) is 0.0115. The maximum atomic E-state index is 12.5. The fourth-order valence-corrected chi connectivity index (χ4v) is 5.15. The fourth-order valence-electron chi connectivity index (χ4n) is 2.04. The molecule has 18 heavy (non-hydrogen) atoms. The standard InChI is InChI=1S/C12H17NO3S2/c1-9-8-11(4-5-12(9)16-3)18(14,15)13-6-7-17-10(13)2/h4-5,8,10H,6-7H2,1-3H3/t10-/m0/s1. The molecule has 100 valence electrons. The van der Waals surface area contributed by atoms with Crippen LogP contribution >= 0.6 is 11.8 Å². The van der Waals surface area contributed by atoms with E-state index in [2.05, 4.69) is 0 Å². The summed E-state index contributed by atoms with van der Waals surface area (Å²) < 4.78 is 31.6. The molecule has 6 heteroatoms. The summed E-state index contributed by atoms with van der Waals surface area (Å²) in [6, 6.07) is 4.98. The minimum absolute atomic E-state index is 0.0115. The first-order valence-electron chi connectivity index (χ1n) is 5.75. The molecule has 0 N–H and O–H groups in total. The maximum absolute atomic E-state index is 12.5. The van der Waals surface area contributed by atoms with Crippen molar-refractivity contribution in [2.75, 3.05) is 19.4 Å². The van der Waals surface area contributed by atoms with Crippen molar-refractivity contribution in [1.29, 1.82) is 0 Å². The van der Waals surface area contributed by atoms with Crippen molar-refractivity contribution >= 4 is 21.8 Å². The van der Waals surface area contributed by atoms with Gasteiger partial charge in [-0.1, -0.05) is 0 Å². The van der Waals surface area contributed by atoms with Crippen LogP contribution in [0.5, 0.6) is 5.75 Å². The molecule has 0 aliphatic carbocycles. The summed E-state index contributed by atoms with van der Waals surface area (Å²) in [4.78, 5) is 0.343. The van der Waals surface area contributed by atoms with Crippen LogP contribution in [0.4, 0.5) is 0 Å². The highest BCUT2D eigenvalue weighted by molar-refractivity contribution is 8.01. The lowest BCUT2D eigenvalue weighted by molar-refractivity contribution is 0.411. The van der Waals surface area contributed by atoms with Crippen LogP contribution < -0.4 is 4.74 Å². The lowest BCUT2D eigenvalue weighted by Gasteiger charge is -2.20. The van der Waals surface area contributed by atoms with Gasteiger partial charge >= 0.3 is 0 Å². The molecule has 0 aromatic heterocycles. The normalized spacial score (nSPS) is 21.2. The van der Waals surface area contributed by atoms with E-state index in [9.17, 15) is 8.42 Å². The first-order chi connectivity index (χ1) is 8.46. The van der Waals surface area contributed by atoms with Gasteiger partial charge in [0.25, 0.3) is 0 Å². The van der Waals surface area contributed by atoms with Gasteiger partial charge in [0, 0.05) is 12.3 Å². The molecule has 1 aliphatic rings. The zero-order valence-corrected chi connectivity index (χ0v) is 12.3. The quantitative estimate of drug-likeness (QED) is 0.854. The molecular formula is C12H17NO3S2. The van der Waals surface area contributed by atoms with Crippen molar-refractivity contribution in [3.63, 3.8) is 0 Å². The van der Waals surface area contributed by atoms with Crippen LogP contribution in [-0.2, 0) is 10.0 Å². The second-order valence-corrected chi connectivity index (χ2v) is 7.53. The molecule has 0 radical (unpaired) electrons. The topological polar surface area (TPSA) is 46.6 Å². The number of hydrogen-bond donors (Lipinski definition) is 0. The predicted molar refractivity (Wildman–Crippen MR) is 73.5 cm³/mol. The van der Waals surface area contributed by atoms with Crippen LogP contribution in [0.25, 0.3) is 0 Å². The molecule has 1 fully saturated rings.